The predicted molar refractivity (Wildman–Crippen MR) is 151 cm³/mol. The van der Waals surface area contributed by atoms with E-state index in [4.69, 9.17) is 0 Å². The van der Waals surface area contributed by atoms with Gasteiger partial charge in [-0.15, -0.1) is 0 Å². The van der Waals surface area contributed by atoms with E-state index in [1.807, 2.05) is 0 Å². The van der Waals surface area contributed by atoms with Gasteiger partial charge in [0.15, 0.2) is 11.6 Å². The Morgan fingerprint density at radius 1 is 0.348 bits per heavy atom. The zero-order valence-corrected chi connectivity index (χ0v) is 23.0. The van der Waals surface area contributed by atoms with Gasteiger partial charge in [0, 0.05) is 27.8 Å². The molecule has 232 valence electrons. The highest BCUT2D eigenvalue weighted by Gasteiger charge is 2.37. The molecule has 0 aliphatic heterocycles. The van der Waals surface area contributed by atoms with E-state index in [1.54, 1.807) is 0 Å². The smallest absolute Gasteiger partial charge is 0.289 e. The number of carbonyl (C=O) groups excluding carboxylic acids is 2. The first-order valence-corrected chi connectivity index (χ1v) is 13.5. The Labute approximate surface area is 254 Å². The van der Waals surface area contributed by atoms with Crippen molar-refractivity contribution in [3.05, 3.63) is 142 Å². The number of hydrogen-bond donors (Lipinski definition) is 0. The maximum atomic E-state index is 14.2. The van der Waals surface area contributed by atoms with Gasteiger partial charge in [0.05, 0.1) is 16.7 Å². The Kier molecular flexibility index (Phi) is 7.18. The molecule has 1 aliphatic rings. The van der Waals surface area contributed by atoms with Crippen molar-refractivity contribution < 1.29 is 49.1 Å². The highest BCUT2D eigenvalue weighted by molar-refractivity contribution is 6.33. The summed E-state index contributed by atoms with van der Waals surface area (Å²) in [5.41, 5.74) is -3.11. The van der Waals surface area contributed by atoms with Gasteiger partial charge in [-0.25, -0.2) is 0 Å². The molecular formula is C35H17F9O2. The molecule has 5 aromatic rings. The second-order valence-corrected chi connectivity index (χ2v) is 10.5. The molecule has 0 aromatic heterocycles. The molecule has 11 heteroatoms. The molecule has 0 spiro atoms. The number of benzene rings is 5. The summed E-state index contributed by atoms with van der Waals surface area (Å²) < 4.78 is 121. The van der Waals surface area contributed by atoms with Gasteiger partial charge in [-0.1, -0.05) is 60.7 Å². The Morgan fingerprint density at radius 2 is 0.674 bits per heavy atom. The lowest BCUT2D eigenvalue weighted by Crippen LogP contribution is -2.23. The van der Waals surface area contributed by atoms with E-state index in [9.17, 15) is 49.1 Å². The maximum Gasteiger partial charge on any atom is 0.416 e. The van der Waals surface area contributed by atoms with E-state index in [0.29, 0.717) is 0 Å². The minimum absolute atomic E-state index is 0.00816. The molecule has 0 saturated carbocycles. The Bertz CT molecular complexity index is 2000. The van der Waals surface area contributed by atoms with Crippen LogP contribution in [0.4, 0.5) is 39.5 Å². The normalized spacial score (nSPS) is 13.4. The summed E-state index contributed by atoms with van der Waals surface area (Å²) in [4.78, 5) is 28.2. The molecule has 0 N–H and O–H groups in total. The largest absolute Gasteiger partial charge is 0.416 e. The number of halogens is 9. The minimum atomic E-state index is -4.70. The van der Waals surface area contributed by atoms with Gasteiger partial charge in [0.1, 0.15) is 0 Å². The molecule has 0 saturated heterocycles. The van der Waals surface area contributed by atoms with Gasteiger partial charge in [0.25, 0.3) is 0 Å². The minimum Gasteiger partial charge on any atom is -0.289 e. The lowest BCUT2D eigenvalue weighted by atomic mass is 9.74. The summed E-state index contributed by atoms with van der Waals surface area (Å²) in [5.74, 6) is -1.35. The van der Waals surface area contributed by atoms with E-state index < -0.39 is 46.8 Å². The topological polar surface area (TPSA) is 34.1 Å². The van der Waals surface area contributed by atoms with Gasteiger partial charge in [-0.3, -0.25) is 9.59 Å². The summed E-state index contributed by atoms with van der Waals surface area (Å²) in [5, 5.41) is 0. The van der Waals surface area contributed by atoms with Gasteiger partial charge in [-0.2, -0.15) is 39.5 Å². The highest BCUT2D eigenvalue weighted by atomic mass is 19.4. The third-order valence-electron chi connectivity index (χ3n) is 7.75. The van der Waals surface area contributed by atoms with Crippen LogP contribution in [-0.2, 0) is 18.5 Å². The molecule has 0 heterocycles. The second-order valence-electron chi connectivity index (χ2n) is 10.5. The van der Waals surface area contributed by atoms with Crippen molar-refractivity contribution in [2.45, 2.75) is 18.5 Å². The van der Waals surface area contributed by atoms with Crippen LogP contribution in [0.25, 0.3) is 33.4 Å². The molecule has 0 atom stereocenters. The Balaban J connectivity index is 1.71. The van der Waals surface area contributed by atoms with Crippen LogP contribution in [-0.4, -0.2) is 11.6 Å². The van der Waals surface area contributed by atoms with Crippen LogP contribution < -0.4 is 0 Å². The number of ketones is 2. The number of hydrogen-bond acceptors (Lipinski definition) is 2. The third-order valence-corrected chi connectivity index (χ3v) is 7.75. The van der Waals surface area contributed by atoms with Crippen LogP contribution in [0.3, 0.4) is 0 Å². The summed E-state index contributed by atoms with van der Waals surface area (Å²) >= 11 is 0. The van der Waals surface area contributed by atoms with E-state index in [0.717, 1.165) is 72.8 Å². The highest BCUT2D eigenvalue weighted by Crippen LogP contribution is 2.46. The van der Waals surface area contributed by atoms with Crippen LogP contribution >= 0.6 is 0 Å². The first-order valence-electron chi connectivity index (χ1n) is 13.5. The number of alkyl halides is 9. The molecule has 46 heavy (non-hydrogen) atoms. The zero-order valence-electron chi connectivity index (χ0n) is 23.0. The molecule has 0 bridgehead atoms. The fourth-order valence-electron chi connectivity index (χ4n) is 5.55. The molecule has 0 fully saturated rings. The Hall–Kier alpha value is -5.19. The molecule has 6 rings (SSSR count). The van der Waals surface area contributed by atoms with Gasteiger partial charge in [0.2, 0.25) is 0 Å². The quantitative estimate of drug-likeness (QED) is 0.181. The maximum absolute atomic E-state index is 14.2. The SMILES string of the molecule is O=C1c2ccccc2C(=O)c2c1c(-c1ccc(C(F)(F)F)cc1)cc(-c1ccc(C(F)(F)F)cc1)c2-c1ccc(C(F)(F)F)cc1. The first kappa shape index (κ1) is 30.8. The summed E-state index contributed by atoms with van der Waals surface area (Å²) in [6, 6.07) is 18.4. The number of carbonyl (C=O) groups is 2. The third kappa shape index (κ3) is 5.35. The molecule has 2 nitrogen and oxygen atoms in total. The van der Waals surface area contributed by atoms with Crippen LogP contribution in [0, 0.1) is 0 Å². The van der Waals surface area contributed by atoms with Gasteiger partial charge < -0.3 is 0 Å². The van der Waals surface area contributed by atoms with Gasteiger partial charge >= 0.3 is 18.5 Å². The van der Waals surface area contributed by atoms with Crippen LogP contribution in [0.1, 0.15) is 48.5 Å². The molecule has 5 aromatic carbocycles. The van der Waals surface area contributed by atoms with Crippen LogP contribution in [0.2, 0.25) is 0 Å². The summed E-state index contributed by atoms with van der Waals surface area (Å²) in [6.45, 7) is 0. The van der Waals surface area contributed by atoms with Crippen molar-refractivity contribution in [2.24, 2.45) is 0 Å². The monoisotopic (exact) mass is 640 g/mol. The van der Waals surface area contributed by atoms with Crippen molar-refractivity contribution in [1.29, 1.82) is 0 Å². The van der Waals surface area contributed by atoms with Crippen LogP contribution in [0.5, 0.6) is 0 Å². The van der Waals surface area contributed by atoms with Crippen molar-refractivity contribution in [3.63, 3.8) is 0 Å². The van der Waals surface area contributed by atoms with Crippen LogP contribution in [0.15, 0.2) is 103 Å². The van der Waals surface area contributed by atoms with E-state index >= 15 is 0 Å². The average molecular weight is 641 g/mol. The van der Waals surface area contributed by atoms with Gasteiger partial charge in [-0.05, 0) is 70.3 Å². The summed E-state index contributed by atoms with van der Waals surface area (Å²) in [7, 11) is 0. The lowest BCUT2D eigenvalue weighted by Gasteiger charge is -2.26. The van der Waals surface area contributed by atoms with Crippen molar-refractivity contribution in [2.75, 3.05) is 0 Å². The number of rotatable bonds is 3. The van der Waals surface area contributed by atoms with Crippen molar-refractivity contribution >= 4 is 11.6 Å². The van der Waals surface area contributed by atoms with E-state index in [2.05, 4.69) is 0 Å². The Morgan fingerprint density at radius 3 is 1.04 bits per heavy atom. The molecular weight excluding hydrogens is 623 g/mol. The number of fused-ring (bicyclic) bond motifs is 2. The fourth-order valence-corrected chi connectivity index (χ4v) is 5.55. The molecule has 0 unspecified atom stereocenters. The van der Waals surface area contributed by atoms with E-state index in [1.165, 1.54) is 30.3 Å². The zero-order chi connectivity index (χ0) is 33.2. The lowest BCUT2D eigenvalue weighted by molar-refractivity contribution is -0.138. The standard InChI is InChI=1S/C35H17F9O2/c36-33(37,38)21-11-5-18(6-12-21)26-17-27(19-7-13-22(14-8-19)34(39,40)41)29-30(32(46)25-4-2-1-3-24(25)31(29)45)28(26)20-9-15-23(16-10-20)35(42,43)44/h1-17H. The first-order chi connectivity index (χ1) is 21.6. The molecule has 0 radical (unpaired) electrons. The molecule has 1 aliphatic carbocycles. The second kappa shape index (κ2) is 10.7. The fraction of sp³-hybridized carbons (Fsp3) is 0.0857. The van der Waals surface area contributed by atoms with E-state index in [-0.39, 0.29) is 55.6 Å². The average Bonchev–Trinajstić information content (AvgIpc) is 3.01. The predicted octanol–water partition coefficient (Wildman–Crippen LogP) is 10.5. The van der Waals surface area contributed by atoms with Crippen molar-refractivity contribution in [3.8, 4) is 33.4 Å². The van der Waals surface area contributed by atoms with Crippen molar-refractivity contribution in [1.82, 2.24) is 0 Å². The molecule has 0 amide bonds. The summed E-state index contributed by atoms with van der Waals surface area (Å²) in [6.07, 6.45) is -14.1.